The van der Waals surface area contributed by atoms with E-state index in [2.05, 4.69) is 9.44 Å². The zero-order valence-corrected chi connectivity index (χ0v) is 9.97. The number of carboxylic acids is 1. The molecule has 0 aromatic carbocycles. The van der Waals surface area contributed by atoms with Crippen LogP contribution in [0.1, 0.15) is 33.6 Å². The minimum Gasteiger partial charge on any atom is -0.481 e. The summed E-state index contributed by atoms with van der Waals surface area (Å²) in [6.45, 7) is 5.11. The van der Waals surface area contributed by atoms with Crippen molar-refractivity contribution in [3.8, 4) is 0 Å². The molecule has 90 valence electrons. The fraction of sp³-hybridized carbons (Fsp3) is 0.875. The minimum absolute atomic E-state index is 0.213. The summed E-state index contributed by atoms with van der Waals surface area (Å²) in [5.41, 5.74) is 0. The maximum Gasteiger partial charge on any atom is 0.304 e. The van der Waals surface area contributed by atoms with Crippen molar-refractivity contribution in [3.05, 3.63) is 0 Å². The Morgan fingerprint density at radius 2 is 1.87 bits per heavy atom. The summed E-state index contributed by atoms with van der Waals surface area (Å²) in [4.78, 5) is 10.4. The van der Waals surface area contributed by atoms with E-state index in [9.17, 15) is 13.2 Å². The molecule has 0 aliphatic carbocycles. The van der Waals surface area contributed by atoms with E-state index in [0.29, 0.717) is 6.42 Å². The normalized spacial score (nSPS) is 14.1. The molecular formula is C8H18N2O4S. The van der Waals surface area contributed by atoms with Crippen LogP contribution in [0.5, 0.6) is 0 Å². The van der Waals surface area contributed by atoms with Gasteiger partial charge < -0.3 is 5.11 Å². The van der Waals surface area contributed by atoms with Crippen LogP contribution in [0.3, 0.4) is 0 Å². The SMILES string of the molecule is CCC(CC(=O)O)NS(=O)(=O)NC(C)C. The van der Waals surface area contributed by atoms with Crippen molar-refractivity contribution < 1.29 is 18.3 Å². The van der Waals surface area contributed by atoms with Crippen LogP contribution in [0.25, 0.3) is 0 Å². The van der Waals surface area contributed by atoms with Crippen LogP contribution >= 0.6 is 0 Å². The lowest BCUT2D eigenvalue weighted by atomic mass is 10.2. The molecule has 0 aliphatic rings. The van der Waals surface area contributed by atoms with Crippen LogP contribution in [0.15, 0.2) is 0 Å². The topological polar surface area (TPSA) is 95.5 Å². The first-order valence-electron chi connectivity index (χ1n) is 4.78. The molecule has 0 aliphatic heterocycles. The van der Waals surface area contributed by atoms with Gasteiger partial charge in [-0.15, -0.1) is 0 Å². The van der Waals surface area contributed by atoms with Gasteiger partial charge in [-0.1, -0.05) is 6.92 Å². The highest BCUT2D eigenvalue weighted by atomic mass is 32.2. The Bertz CT molecular complexity index is 300. The first kappa shape index (κ1) is 14.3. The van der Waals surface area contributed by atoms with E-state index in [1.807, 2.05) is 0 Å². The Labute approximate surface area is 90.2 Å². The third-order valence-electron chi connectivity index (χ3n) is 1.63. The zero-order valence-electron chi connectivity index (χ0n) is 9.15. The number of carbonyl (C=O) groups is 1. The Kier molecular flexibility index (Phi) is 5.77. The Hall–Kier alpha value is -0.660. The van der Waals surface area contributed by atoms with Crippen LogP contribution in [-0.4, -0.2) is 31.6 Å². The Balaban J connectivity index is 4.34. The van der Waals surface area contributed by atoms with Gasteiger partial charge in [0.25, 0.3) is 10.2 Å². The summed E-state index contributed by atoms with van der Waals surface area (Å²) in [6.07, 6.45) is 0.223. The Morgan fingerprint density at radius 3 is 2.20 bits per heavy atom. The second-order valence-electron chi connectivity index (χ2n) is 3.60. The van der Waals surface area contributed by atoms with Crippen LogP contribution in [-0.2, 0) is 15.0 Å². The highest BCUT2D eigenvalue weighted by Gasteiger charge is 2.19. The highest BCUT2D eigenvalue weighted by molar-refractivity contribution is 7.87. The predicted molar refractivity (Wildman–Crippen MR) is 56.7 cm³/mol. The first-order chi connectivity index (χ1) is 6.76. The molecule has 0 rings (SSSR count). The van der Waals surface area contributed by atoms with Gasteiger partial charge in [0.15, 0.2) is 0 Å². The molecule has 0 saturated heterocycles. The van der Waals surface area contributed by atoms with E-state index in [1.165, 1.54) is 0 Å². The summed E-state index contributed by atoms with van der Waals surface area (Å²) in [5.74, 6) is -1.02. The van der Waals surface area contributed by atoms with Gasteiger partial charge in [-0.05, 0) is 20.3 Å². The molecule has 0 spiro atoms. The molecular weight excluding hydrogens is 220 g/mol. The van der Waals surface area contributed by atoms with Crippen LogP contribution < -0.4 is 9.44 Å². The summed E-state index contributed by atoms with van der Waals surface area (Å²) >= 11 is 0. The number of hydrogen-bond acceptors (Lipinski definition) is 3. The molecule has 7 heteroatoms. The van der Waals surface area contributed by atoms with Gasteiger partial charge in [0.2, 0.25) is 0 Å². The van der Waals surface area contributed by atoms with Gasteiger partial charge in [-0.3, -0.25) is 4.79 Å². The lowest BCUT2D eigenvalue weighted by molar-refractivity contribution is -0.137. The largest absolute Gasteiger partial charge is 0.481 e. The van der Waals surface area contributed by atoms with Crippen molar-refractivity contribution in [2.24, 2.45) is 0 Å². The third-order valence-corrected chi connectivity index (χ3v) is 3.05. The third kappa shape index (κ3) is 7.29. The van der Waals surface area contributed by atoms with Gasteiger partial charge in [-0.25, -0.2) is 0 Å². The average Bonchev–Trinajstić information content (AvgIpc) is 1.98. The lowest BCUT2D eigenvalue weighted by Gasteiger charge is -2.16. The van der Waals surface area contributed by atoms with E-state index in [4.69, 9.17) is 5.11 Å². The summed E-state index contributed by atoms with van der Waals surface area (Å²) in [6, 6.07) is -0.788. The standard InChI is InChI=1S/C8H18N2O4S/c1-4-7(5-8(11)12)10-15(13,14)9-6(2)3/h6-7,9-10H,4-5H2,1-3H3,(H,11,12). The van der Waals surface area contributed by atoms with Crippen molar-refractivity contribution >= 4 is 16.2 Å². The van der Waals surface area contributed by atoms with Gasteiger partial charge in [0.1, 0.15) is 0 Å². The minimum atomic E-state index is -3.60. The fourth-order valence-corrected chi connectivity index (χ4v) is 2.42. The maximum atomic E-state index is 11.4. The van der Waals surface area contributed by atoms with E-state index in [-0.39, 0.29) is 12.5 Å². The zero-order chi connectivity index (χ0) is 12.1. The molecule has 1 atom stereocenters. The molecule has 6 nitrogen and oxygen atoms in total. The molecule has 0 radical (unpaired) electrons. The number of hydrogen-bond donors (Lipinski definition) is 3. The van der Waals surface area contributed by atoms with Gasteiger partial charge in [0.05, 0.1) is 6.42 Å². The maximum absolute atomic E-state index is 11.4. The molecule has 1 unspecified atom stereocenters. The molecule has 15 heavy (non-hydrogen) atoms. The highest BCUT2D eigenvalue weighted by Crippen LogP contribution is 1.99. The second kappa shape index (κ2) is 6.04. The lowest BCUT2D eigenvalue weighted by Crippen LogP contribution is -2.45. The van der Waals surface area contributed by atoms with E-state index < -0.39 is 22.2 Å². The van der Waals surface area contributed by atoms with Crippen LogP contribution in [0, 0.1) is 0 Å². The summed E-state index contributed by atoms with van der Waals surface area (Å²) in [7, 11) is -3.60. The van der Waals surface area contributed by atoms with E-state index >= 15 is 0 Å². The number of aliphatic carboxylic acids is 1. The number of nitrogens with one attached hydrogen (secondary N) is 2. The Morgan fingerprint density at radius 1 is 1.33 bits per heavy atom. The summed E-state index contributed by atoms with van der Waals surface area (Å²) in [5, 5.41) is 8.54. The smallest absolute Gasteiger partial charge is 0.304 e. The fourth-order valence-electron chi connectivity index (χ4n) is 1.04. The van der Waals surface area contributed by atoms with Gasteiger partial charge >= 0.3 is 5.97 Å². The summed E-state index contributed by atoms with van der Waals surface area (Å²) < 4.78 is 27.4. The molecule has 0 bridgehead atoms. The molecule has 0 fully saturated rings. The molecule has 0 saturated carbocycles. The van der Waals surface area contributed by atoms with Crippen molar-refractivity contribution in [2.75, 3.05) is 0 Å². The average molecular weight is 238 g/mol. The van der Waals surface area contributed by atoms with E-state index in [1.54, 1.807) is 20.8 Å². The van der Waals surface area contributed by atoms with Crippen LogP contribution in [0.2, 0.25) is 0 Å². The number of rotatable bonds is 7. The van der Waals surface area contributed by atoms with Crippen molar-refractivity contribution in [2.45, 2.75) is 45.7 Å². The van der Waals surface area contributed by atoms with Crippen LogP contribution in [0.4, 0.5) is 0 Å². The molecule has 0 heterocycles. The second-order valence-corrected chi connectivity index (χ2v) is 5.08. The van der Waals surface area contributed by atoms with Crippen molar-refractivity contribution in [1.29, 1.82) is 0 Å². The first-order valence-corrected chi connectivity index (χ1v) is 6.26. The number of carboxylic acid groups (broad SMARTS) is 1. The van der Waals surface area contributed by atoms with Gasteiger partial charge in [0, 0.05) is 12.1 Å². The van der Waals surface area contributed by atoms with Crippen molar-refractivity contribution in [1.82, 2.24) is 9.44 Å². The molecule has 0 amide bonds. The quantitative estimate of drug-likeness (QED) is 0.585. The molecule has 0 aromatic rings. The predicted octanol–water partition coefficient (Wildman–Crippen LogP) is 0.0721. The monoisotopic (exact) mass is 238 g/mol. The van der Waals surface area contributed by atoms with Gasteiger partial charge in [-0.2, -0.15) is 17.9 Å². The molecule has 0 aromatic heterocycles. The van der Waals surface area contributed by atoms with Crippen molar-refractivity contribution in [3.63, 3.8) is 0 Å². The van der Waals surface area contributed by atoms with E-state index in [0.717, 1.165) is 0 Å². The molecule has 3 N–H and O–H groups in total.